The molecule has 0 aliphatic carbocycles. The van der Waals surface area contributed by atoms with Crippen molar-refractivity contribution >= 4 is 17.3 Å². The number of hydrogen-bond acceptors (Lipinski definition) is 3. The lowest BCUT2D eigenvalue weighted by Gasteiger charge is -2.16. The normalized spacial score (nSPS) is 10.9. The lowest BCUT2D eigenvalue weighted by molar-refractivity contribution is 0.230. The van der Waals surface area contributed by atoms with Crippen molar-refractivity contribution in [1.82, 2.24) is 0 Å². The van der Waals surface area contributed by atoms with Crippen molar-refractivity contribution in [2.75, 3.05) is 5.73 Å². The first-order valence-corrected chi connectivity index (χ1v) is 5.70. The molecular weight excluding hydrogens is 226 g/mol. The highest BCUT2D eigenvalue weighted by molar-refractivity contribution is 6.32. The summed E-state index contributed by atoms with van der Waals surface area (Å²) in [7, 11) is 0. The van der Waals surface area contributed by atoms with Crippen LogP contribution in [-0.2, 0) is 0 Å². The van der Waals surface area contributed by atoms with Gasteiger partial charge in [0, 0.05) is 6.07 Å². The number of halogens is 1. The van der Waals surface area contributed by atoms with Crippen molar-refractivity contribution in [3.63, 3.8) is 0 Å². The summed E-state index contributed by atoms with van der Waals surface area (Å²) < 4.78 is 11.1. The summed E-state index contributed by atoms with van der Waals surface area (Å²) in [6.07, 6.45) is 0.128. The molecule has 1 rings (SSSR count). The highest BCUT2D eigenvalue weighted by Gasteiger charge is 2.11. The molecule has 1 aromatic carbocycles. The molecule has 90 valence electrons. The number of hydrogen-bond donors (Lipinski definition) is 1. The summed E-state index contributed by atoms with van der Waals surface area (Å²) in [5.41, 5.74) is 6.33. The van der Waals surface area contributed by atoms with E-state index in [9.17, 15) is 0 Å². The molecule has 0 fully saturated rings. The molecule has 0 spiro atoms. The Labute approximate surface area is 101 Å². The van der Waals surface area contributed by atoms with Gasteiger partial charge in [-0.15, -0.1) is 0 Å². The average Bonchev–Trinajstić information content (AvgIpc) is 2.11. The Morgan fingerprint density at radius 2 is 1.50 bits per heavy atom. The van der Waals surface area contributed by atoms with Crippen LogP contribution < -0.4 is 15.2 Å². The fourth-order valence-electron chi connectivity index (χ4n) is 1.25. The quantitative estimate of drug-likeness (QED) is 0.824. The molecule has 0 heterocycles. The van der Waals surface area contributed by atoms with Crippen LogP contribution in [0.2, 0.25) is 5.02 Å². The molecule has 16 heavy (non-hydrogen) atoms. The van der Waals surface area contributed by atoms with E-state index in [2.05, 4.69) is 0 Å². The first-order chi connectivity index (χ1) is 7.40. The topological polar surface area (TPSA) is 44.5 Å². The van der Waals surface area contributed by atoms with E-state index < -0.39 is 0 Å². The largest absolute Gasteiger partial charge is 0.489 e. The van der Waals surface area contributed by atoms with Crippen molar-refractivity contribution in [2.24, 2.45) is 0 Å². The fraction of sp³-hybridized carbons (Fsp3) is 0.500. The molecular formula is C12H18ClNO2. The highest BCUT2D eigenvalue weighted by Crippen LogP contribution is 2.35. The second-order valence-electron chi connectivity index (χ2n) is 4.15. The van der Waals surface area contributed by atoms with Crippen LogP contribution >= 0.6 is 11.6 Å². The van der Waals surface area contributed by atoms with Crippen molar-refractivity contribution in [1.29, 1.82) is 0 Å². The molecule has 1 aromatic rings. The minimum absolute atomic E-state index is 0.0630. The predicted octanol–water partition coefficient (Wildman–Crippen LogP) is 3.50. The number of anilines is 1. The second kappa shape index (κ2) is 5.30. The lowest BCUT2D eigenvalue weighted by atomic mass is 10.2. The minimum Gasteiger partial charge on any atom is -0.489 e. The Morgan fingerprint density at radius 3 is 2.00 bits per heavy atom. The van der Waals surface area contributed by atoms with Gasteiger partial charge in [0.2, 0.25) is 0 Å². The average molecular weight is 244 g/mol. The van der Waals surface area contributed by atoms with E-state index in [1.165, 1.54) is 0 Å². The van der Waals surface area contributed by atoms with E-state index >= 15 is 0 Å². The van der Waals surface area contributed by atoms with Gasteiger partial charge in [-0.1, -0.05) is 11.6 Å². The Kier molecular flexibility index (Phi) is 4.30. The van der Waals surface area contributed by atoms with Crippen LogP contribution in [0.5, 0.6) is 11.5 Å². The minimum atomic E-state index is 0.0630. The summed E-state index contributed by atoms with van der Waals surface area (Å²) >= 11 is 6.02. The molecule has 0 radical (unpaired) electrons. The number of nitrogens with two attached hydrogens (primary N) is 1. The molecule has 0 saturated heterocycles. The maximum Gasteiger partial charge on any atom is 0.146 e. The molecule has 0 aliphatic heterocycles. The van der Waals surface area contributed by atoms with Crippen LogP contribution in [-0.4, -0.2) is 12.2 Å². The van der Waals surface area contributed by atoms with Gasteiger partial charge in [-0.05, 0) is 33.8 Å². The molecule has 0 atom stereocenters. The van der Waals surface area contributed by atoms with Gasteiger partial charge in [0.1, 0.15) is 11.5 Å². The molecule has 0 aliphatic rings. The van der Waals surface area contributed by atoms with Crippen LogP contribution in [0.1, 0.15) is 27.7 Å². The second-order valence-corrected chi connectivity index (χ2v) is 4.56. The SMILES string of the molecule is CC(C)Oc1cc(OC(C)C)c(Cl)cc1N. The molecule has 0 unspecified atom stereocenters. The number of ether oxygens (including phenoxy) is 2. The van der Waals surface area contributed by atoms with Crippen molar-refractivity contribution < 1.29 is 9.47 Å². The Hall–Kier alpha value is -1.09. The maximum atomic E-state index is 6.02. The van der Waals surface area contributed by atoms with Gasteiger partial charge in [-0.3, -0.25) is 0 Å². The van der Waals surface area contributed by atoms with Crippen LogP contribution in [0.3, 0.4) is 0 Å². The molecule has 0 amide bonds. The van der Waals surface area contributed by atoms with E-state index in [4.69, 9.17) is 26.8 Å². The number of benzene rings is 1. The van der Waals surface area contributed by atoms with E-state index in [0.29, 0.717) is 22.2 Å². The van der Waals surface area contributed by atoms with Gasteiger partial charge >= 0.3 is 0 Å². The summed E-state index contributed by atoms with van der Waals surface area (Å²) in [4.78, 5) is 0. The first kappa shape index (κ1) is 13.0. The molecule has 0 bridgehead atoms. The fourth-order valence-corrected chi connectivity index (χ4v) is 1.47. The Bertz CT molecular complexity index is 333. The van der Waals surface area contributed by atoms with E-state index in [1.54, 1.807) is 12.1 Å². The summed E-state index contributed by atoms with van der Waals surface area (Å²) in [5, 5.41) is 0.502. The molecule has 2 N–H and O–H groups in total. The molecule has 0 saturated carbocycles. The number of nitrogen functional groups attached to an aromatic ring is 1. The molecule has 0 aromatic heterocycles. The van der Waals surface area contributed by atoms with Crippen LogP contribution in [0.4, 0.5) is 5.69 Å². The zero-order valence-electron chi connectivity index (χ0n) is 10.1. The van der Waals surface area contributed by atoms with Gasteiger partial charge in [0.25, 0.3) is 0 Å². The molecule has 4 heteroatoms. The van der Waals surface area contributed by atoms with E-state index in [0.717, 1.165) is 0 Å². The van der Waals surface area contributed by atoms with Gasteiger partial charge < -0.3 is 15.2 Å². The van der Waals surface area contributed by atoms with Gasteiger partial charge in [-0.25, -0.2) is 0 Å². The maximum absolute atomic E-state index is 6.02. The van der Waals surface area contributed by atoms with Crippen molar-refractivity contribution in [3.05, 3.63) is 17.2 Å². The van der Waals surface area contributed by atoms with Crippen LogP contribution in [0.25, 0.3) is 0 Å². The first-order valence-electron chi connectivity index (χ1n) is 5.32. The summed E-state index contributed by atoms with van der Waals surface area (Å²) in [5.74, 6) is 1.21. The monoisotopic (exact) mass is 243 g/mol. The third-order valence-corrected chi connectivity index (χ3v) is 2.09. The van der Waals surface area contributed by atoms with Crippen LogP contribution in [0, 0.1) is 0 Å². The lowest BCUT2D eigenvalue weighted by Crippen LogP contribution is -2.09. The standard InChI is InChI=1S/C12H18ClNO2/c1-7(2)15-11-6-12(16-8(3)4)10(14)5-9(11)13/h5-8H,14H2,1-4H3. The summed E-state index contributed by atoms with van der Waals surface area (Å²) in [6.45, 7) is 7.76. The van der Waals surface area contributed by atoms with Gasteiger partial charge in [0.15, 0.2) is 0 Å². The van der Waals surface area contributed by atoms with Crippen LogP contribution in [0.15, 0.2) is 12.1 Å². The highest BCUT2D eigenvalue weighted by atomic mass is 35.5. The molecule has 3 nitrogen and oxygen atoms in total. The zero-order chi connectivity index (χ0) is 12.3. The Balaban J connectivity index is 3.01. The third-order valence-electron chi connectivity index (χ3n) is 1.79. The van der Waals surface area contributed by atoms with Gasteiger partial charge in [-0.2, -0.15) is 0 Å². The zero-order valence-corrected chi connectivity index (χ0v) is 10.8. The predicted molar refractivity (Wildman–Crippen MR) is 67.4 cm³/mol. The smallest absolute Gasteiger partial charge is 0.146 e. The van der Waals surface area contributed by atoms with E-state index in [1.807, 2.05) is 27.7 Å². The number of rotatable bonds is 4. The van der Waals surface area contributed by atoms with Gasteiger partial charge in [0.05, 0.1) is 22.9 Å². The third kappa shape index (κ3) is 3.49. The summed E-state index contributed by atoms with van der Waals surface area (Å²) in [6, 6.07) is 3.38. The van der Waals surface area contributed by atoms with E-state index in [-0.39, 0.29) is 12.2 Å². The van der Waals surface area contributed by atoms with Crippen molar-refractivity contribution in [2.45, 2.75) is 39.9 Å². The van der Waals surface area contributed by atoms with Crippen molar-refractivity contribution in [3.8, 4) is 11.5 Å². The Morgan fingerprint density at radius 1 is 1.00 bits per heavy atom.